The van der Waals surface area contributed by atoms with Gasteiger partial charge in [0.05, 0.1) is 53.7 Å². The van der Waals surface area contributed by atoms with Gasteiger partial charge in [0.2, 0.25) is 35.2 Å². The Morgan fingerprint density at radius 3 is 1.49 bits per heavy atom. The molecule has 2 aromatic carbocycles. The molecule has 4 atom stereocenters. The van der Waals surface area contributed by atoms with Crippen LogP contribution < -0.4 is 35.4 Å². The summed E-state index contributed by atoms with van der Waals surface area (Å²) in [6.07, 6.45) is -0.0326. The Labute approximate surface area is 514 Å². The number of carbonyl (C=O) groups excluding carboxylic acids is 2. The molecular weight excluding hydrogens is 1180 g/mol. The van der Waals surface area contributed by atoms with Crippen LogP contribution in [-0.2, 0) is 57.4 Å². The van der Waals surface area contributed by atoms with Crippen LogP contribution >= 0.6 is 0 Å². The van der Waals surface area contributed by atoms with E-state index in [2.05, 4.69) is 55.1 Å². The number of amides is 2. The lowest BCUT2D eigenvalue weighted by Gasteiger charge is -2.32. The Kier molecular flexibility index (Phi) is 15.6. The summed E-state index contributed by atoms with van der Waals surface area (Å²) < 4.78 is 110. The summed E-state index contributed by atoms with van der Waals surface area (Å²) in [5.41, 5.74) is 7.89. The summed E-state index contributed by atoms with van der Waals surface area (Å²) >= 11 is 0. The lowest BCUT2D eigenvalue weighted by molar-refractivity contribution is -0.148. The number of pyridine rings is 2. The van der Waals surface area contributed by atoms with Gasteiger partial charge < -0.3 is 57.5 Å². The highest BCUT2D eigenvalue weighted by Crippen LogP contribution is 2.43. The number of carbonyl (C=O) groups is 2. The zero-order chi connectivity index (χ0) is 63.2. The summed E-state index contributed by atoms with van der Waals surface area (Å²) in [4.78, 5) is 45.8. The lowest BCUT2D eigenvalue weighted by atomic mass is 9.79. The Hall–Kier alpha value is -8.34. The molecule has 0 radical (unpaired) electrons. The van der Waals surface area contributed by atoms with E-state index in [0.29, 0.717) is 74.4 Å². The number of anilines is 2. The van der Waals surface area contributed by atoms with Gasteiger partial charge in [-0.15, -0.1) is 20.4 Å². The van der Waals surface area contributed by atoms with Crippen molar-refractivity contribution in [3.63, 3.8) is 0 Å². The summed E-state index contributed by atoms with van der Waals surface area (Å²) in [5.74, 6) is 0.259. The normalized spacial score (nSPS) is 21.1. The maximum absolute atomic E-state index is 13.2. The number of rotatable bonds is 12. The first-order valence-corrected chi connectivity index (χ1v) is 30.5. The highest BCUT2D eigenvalue weighted by atomic mass is 19.4. The van der Waals surface area contributed by atoms with E-state index >= 15 is 0 Å². The van der Waals surface area contributed by atoms with Crippen molar-refractivity contribution in [2.75, 3.05) is 36.0 Å². The number of hydrogen-bond donors (Lipinski definition) is 2. The topological polar surface area (TPSA) is 224 Å². The highest BCUT2D eigenvalue weighted by molar-refractivity contribution is 6.62. The molecule has 2 N–H and O–H groups in total. The zero-order valence-corrected chi connectivity index (χ0v) is 50.8. The standard InChI is InChI=1S/C27H27F3N8O2.C18H22BF3N4O2.C16H20N4O2/c1-15(17-10-23(39)31-12-17)40-25-24-21(32-14-38(24)19-6-7-19)11-20(33-25)16-2-4-18(5-3-16)36-8-9-37-22(13-36)34-35-26(37)27(28,29)30;1-16(2)17(3,4)28-19(27-16)12-5-7-13(8-6-12)25-9-10-26-14(11-25)23-24-15(26)18(20,21)22;1-9-5-13-15(20(8-18-13)12-3-4-12)16(19-9)22-10(2)11-6-14(21)17-7-11/h2-5,11,14-15,17,19H,6-10,12-13H2,1H3,(H,31,39);5-8H,9-11H2,1-4H3;5,8,10-12H,3-4,6-7H2,1-2H3,(H,17,21)/t15-,17-;;10-,11-/m1.1/s1. The number of nitrogens with one attached hydrogen (secondary N) is 2. The van der Waals surface area contributed by atoms with E-state index in [1.54, 1.807) is 0 Å². The summed E-state index contributed by atoms with van der Waals surface area (Å²) in [5, 5.41) is 19.9. The fourth-order valence-corrected chi connectivity index (χ4v) is 12.0. The third-order valence-corrected chi connectivity index (χ3v) is 18.3. The van der Waals surface area contributed by atoms with Crippen molar-refractivity contribution < 1.29 is 54.7 Å². The molecule has 7 aliphatic rings. The molecule has 8 aromatic rings. The van der Waals surface area contributed by atoms with Crippen LogP contribution in [0.4, 0.5) is 37.7 Å². The van der Waals surface area contributed by atoms with E-state index in [9.17, 15) is 35.9 Å². The van der Waals surface area contributed by atoms with E-state index in [-0.39, 0.29) is 67.9 Å². The Bertz CT molecular complexity index is 3970. The van der Waals surface area contributed by atoms with Crippen molar-refractivity contribution in [3.8, 4) is 23.0 Å². The first-order valence-electron chi connectivity index (χ1n) is 30.5. The first-order chi connectivity index (χ1) is 42.8. The Morgan fingerprint density at radius 2 is 1.06 bits per heavy atom. The van der Waals surface area contributed by atoms with E-state index in [1.165, 1.54) is 12.8 Å². The molecule has 3 saturated heterocycles. The molecule has 15 rings (SSSR count). The third-order valence-electron chi connectivity index (χ3n) is 18.3. The second-order valence-corrected chi connectivity index (χ2v) is 25.3. The van der Waals surface area contributed by atoms with Gasteiger partial charge in [-0.2, -0.15) is 26.3 Å². The molecule has 5 fully saturated rings. The average molecular weight is 1250 g/mol. The van der Waals surface area contributed by atoms with Crippen molar-refractivity contribution in [3.05, 3.63) is 102 Å². The maximum atomic E-state index is 13.2. The predicted octanol–water partition coefficient (Wildman–Crippen LogP) is 8.56. The highest BCUT2D eigenvalue weighted by Gasteiger charge is 2.52. The van der Waals surface area contributed by atoms with Crippen LogP contribution in [-0.4, -0.2) is 127 Å². The number of benzene rings is 2. The van der Waals surface area contributed by atoms with Gasteiger partial charge in [0.25, 0.3) is 0 Å². The van der Waals surface area contributed by atoms with Crippen LogP contribution in [0, 0.1) is 18.8 Å². The average Bonchev–Trinajstić information content (AvgIpc) is 1.63. The Morgan fingerprint density at radius 1 is 0.611 bits per heavy atom. The van der Waals surface area contributed by atoms with Gasteiger partial charge in [-0.05, 0) is 116 Å². The number of aromatic nitrogens is 12. The molecule has 2 saturated carbocycles. The maximum Gasteiger partial charge on any atom is 0.494 e. The van der Waals surface area contributed by atoms with Crippen molar-refractivity contribution in [1.82, 2.24) is 69.2 Å². The zero-order valence-electron chi connectivity index (χ0n) is 50.8. The van der Waals surface area contributed by atoms with Crippen molar-refractivity contribution in [1.29, 1.82) is 0 Å². The molecule has 90 heavy (non-hydrogen) atoms. The number of imidazole rings is 2. The van der Waals surface area contributed by atoms with Gasteiger partial charge >= 0.3 is 19.5 Å². The van der Waals surface area contributed by atoms with Crippen molar-refractivity contribution in [2.45, 2.75) is 161 Å². The summed E-state index contributed by atoms with van der Waals surface area (Å²) in [6.45, 7) is 16.9. The van der Waals surface area contributed by atoms with Crippen LogP contribution in [0.3, 0.4) is 0 Å². The summed E-state index contributed by atoms with van der Waals surface area (Å²) in [6, 6.07) is 20.3. The Balaban J connectivity index is 0.000000130. The number of halogens is 6. The predicted molar refractivity (Wildman–Crippen MR) is 318 cm³/mol. The van der Waals surface area contributed by atoms with Gasteiger partial charge in [0.15, 0.2) is 11.6 Å². The molecule has 5 aliphatic heterocycles. The second kappa shape index (κ2) is 23.2. The molecule has 474 valence electrons. The minimum Gasteiger partial charge on any atom is -0.473 e. The van der Waals surface area contributed by atoms with E-state index in [0.717, 1.165) is 72.1 Å². The lowest BCUT2D eigenvalue weighted by Crippen LogP contribution is -2.41. The molecule has 29 heteroatoms. The fraction of sp³-hybridized carbons (Fsp3) is 0.508. The molecular formula is C61H69BF6N16O6. The van der Waals surface area contributed by atoms with Crippen LogP contribution in [0.5, 0.6) is 11.8 Å². The smallest absolute Gasteiger partial charge is 0.473 e. The van der Waals surface area contributed by atoms with Gasteiger partial charge in [-0.3, -0.25) is 9.59 Å². The number of fused-ring (bicyclic) bond motifs is 4. The number of hydrogen-bond acceptors (Lipinski definition) is 16. The first kappa shape index (κ1) is 60.6. The van der Waals surface area contributed by atoms with E-state index < -0.39 is 42.3 Å². The van der Waals surface area contributed by atoms with Crippen LogP contribution in [0.1, 0.15) is 121 Å². The number of aryl methyl sites for hydroxylation is 1. The van der Waals surface area contributed by atoms with Gasteiger partial charge in [0.1, 0.15) is 23.2 Å². The molecule has 2 aliphatic carbocycles. The number of ether oxygens (including phenoxy) is 2. The van der Waals surface area contributed by atoms with Crippen LogP contribution in [0.15, 0.2) is 73.3 Å². The fourth-order valence-electron chi connectivity index (χ4n) is 12.0. The molecule has 0 bridgehead atoms. The summed E-state index contributed by atoms with van der Waals surface area (Å²) in [7, 11) is -0.446. The number of nitrogens with zero attached hydrogens (tertiary/aromatic N) is 14. The van der Waals surface area contributed by atoms with Crippen LogP contribution in [0.25, 0.3) is 33.3 Å². The van der Waals surface area contributed by atoms with Gasteiger partial charge in [0, 0.05) is 98.7 Å². The van der Waals surface area contributed by atoms with Gasteiger partial charge in [-0.25, -0.2) is 19.9 Å². The van der Waals surface area contributed by atoms with Crippen molar-refractivity contribution in [2.24, 2.45) is 11.8 Å². The SMILES string of the molecule is CC1(C)OB(c2ccc(N3CCn4c(nnc4C(F)(F)F)C3)cc2)OC1(C)C.C[C@@H](Oc1nc(-c2ccc(N3CCn4c(nnc4C(F)(F)F)C3)cc2)cc2ncn(C3CC3)c12)[C@H]1CNC(=O)C1.Cc1cc2ncn(C3CC3)c2c(O[C@H](C)[C@H]2CNC(=O)C2)n1. The number of alkyl halides is 6. The minimum atomic E-state index is -4.52. The molecule has 22 nitrogen and oxygen atoms in total. The van der Waals surface area contributed by atoms with E-state index in [1.807, 2.05) is 132 Å². The van der Waals surface area contributed by atoms with Gasteiger partial charge in [-0.1, -0.05) is 24.3 Å². The molecule has 0 unspecified atom stereocenters. The second-order valence-electron chi connectivity index (χ2n) is 25.3. The third kappa shape index (κ3) is 12.2. The molecule has 11 heterocycles. The molecule has 2 amide bonds. The molecule has 6 aromatic heterocycles. The van der Waals surface area contributed by atoms with Crippen molar-refractivity contribution >= 4 is 57.8 Å². The monoisotopic (exact) mass is 1250 g/mol. The van der Waals surface area contributed by atoms with E-state index in [4.69, 9.17) is 23.8 Å². The largest absolute Gasteiger partial charge is 0.494 e. The quantitative estimate of drug-likeness (QED) is 0.0863. The molecule has 0 spiro atoms. The van der Waals surface area contributed by atoms with Crippen LogP contribution in [0.2, 0.25) is 0 Å². The minimum absolute atomic E-state index is 0.0326.